The van der Waals surface area contributed by atoms with Crippen molar-refractivity contribution in [2.24, 2.45) is 0 Å². The van der Waals surface area contributed by atoms with Gasteiger partial charge in [0.2, 0.25) is 5.88 Å². The summed E-state index contributed by atoms with van der Waals surface area (Å²) in [6.45, 7) is 0. The molecule has 0 aliphatic carbocycles. The Morgan fingerprint density at radius 1 is 1.38 bits per heavy atom. The van der Waals surface area contributed by atoms with E-state index < -0.39 is 0 Å². The summed E-state index contributed by atoms with van der Waals surface area (Å²) >= 11 is 3.44. The van der Waals surface area contributed by atoms with Gasteiger partial charge < -0.3 is 4.74 Å². The van der Waals surface area contributed by atoms with Crippen molar-refractivity contribution >= 4 is 26.8 Å². The summed E-state index contributed by atoms with van der Waals surface area (Å²) in [5.74, 6) is 0.598. The molecule has 66 valence electrons. The van der Waals surface area contributed by atoms with Gasteiger partial charge in [0.15, 0.2) is 0 Å². The van der Waals surface area contributed by atoms with Crippen LogP contribution >= 0.6 is 15.9 Å². The molecule has 2 aromatic rings. The molecule has 0 saturated carbocycles. The number of hydrogen-bond acceptors (Lipinski definition) is 3. The number of nitrogens with zero attached hydrogens (tertiary/aromatic N) is 2. The van der Waals surface area contributed by atoms with E-state index in [4.69, 9.17) is 4.74 Å². The zero-order chi connectivity index (χ0) is 9.26. The monoisotopic (exact) mass is 238 g/mol. The fraction of sp³-hybridized carbons (Fsp3) is 0.111. The van der Waals surface area contributed by atoms with Crippen LogP contribution in [0.1, 0.15) is 0 Å². The molecule has 2 rings (SSSR count). The van der Waals surface area contributed by atoms with Crippen molar-refractivity contribution < 1.29 is 4.74 Å². The molecule has 0 aliphatic heterocycles. The smallest absolute Gasteiger partial charge is 0.213 e. The number of hydrogen-bond donors (Lipinski definition) is 0. The van der Waals surface area contributed by atoms with Crippen LogP contribution in [-0.4, -0.2) is 17.1 Å². The average molecular weight is 239 g/mol. The molecule has 0 spiro atoms. The first kappa shape index (κ1) is 8.44. The first-order valence-electron chi connectivity index (χ1n) is 3.75. The van der Waals surface area contributed by atoms with Gasteiger partial charge in [-0.2, -0.15) is 0 Å². The van der Waals surface area contributed by atoms with Crippen LogP contribution in [0.25, 0.3) is 10.9 Å². The van der Waals surface area contributed by atoms with Gasteiger partial charge in [-0.05, 0) is 6.07 Å². The standard InChI is InChI=1S/C9H7BrN2O/c1-13-9-4-6-7(10)2-3-11-8(6)5-12-9/h2-5H,1H3. The maximum atomic E-state index is 5.02. The van der Waals surface area contributed by atoms with E-state index in [0.29, 0.717) is 5.88 Å². The zero-order valence-electron chi connectivity index (χ0n) is 6.99. The minimum atomic E-state index is 0.598. The highest BCUT2D eigenvalue weighted by atomic mass is 79.9. The van der Waals surface area contributed by atoms with E-state index in [0.717, 1.165) is 15.4 Å². The van der Waals surface area contributed by atoms with E-state index in [1.807, 2.05) is 12.1 Å². The first-order valence-corrected chi connectivity index (χ1v) is 4.55. The summed E-state index contributed by atoms with van der Waals surface area (Å²) in [5.41, 5.74) is 0.857. The number of rotatable bonds is 1. The Morgan fingerprint density at radius 3 is 3.00 bits per heavy atom. The molecule has 0 atom stereocenters. The highest BCUT2D eigenvalue weighted by molar-refractivity contribution is 9.10. The van der Waals surface area contributed by atoms with Crippen LogP contribution in [-0.2, 0) is 0 Å². The normalized spacial score (nSPS) is 10.3. The largest absolute Gasteiger partial charge is 0.481 e. The van der Waals surface area contributed by atoms with Crippen molar-refractivity contribution in [3.63, 3.8) is 0 Å². The second-order valence-corrected chi connectivity index (χ2v) is 3.39. The van der Waals surface area contributed by atoms with Crippen LogP contribution in [0.3, 0.4) is 0 Å². The fourth-order valence-electron chi connectivity index (χ4n) is 1.11. The lowest BCUT2D eigenvalue weighted by molar-refractivity contribution is 0.398. The number of fused-ring (bicyclic) bond motifs is 1. The number of methoxy groups -OCH3 is 1. The molecule has 0 radical (unpaired) electrons. The Morgan fingerprint density at radius 2 is 2.23 bits per heavy atom. The summed E-state index contributed by atoms with van der Waals surface area (Å²) in [5, 5.41) is 1.01. The van der Waals surface area contributed by atoms with Crippen molar-refractivity contribution in [3.05, 3.63) is 29.0 Å². The Hall–Kier alpha value is -1.16. The third-order valence-electron chi connectivity index (χ3n) is 1.76. The maximum absolute atomic E-state index is 5.02. The lowest BCUT2D eigenvalue weighted by Gasteiger charge is -2.01. The molecule has 13 heavy (non-hydrogen) atoms. The van der Waals surface area contributed by atoms with Gasteiger partial charge in [0.05, 0.1) is 18.8 Å². The molecule has 2 heterocycles. The van der Waals surface area contributed by atoms with Crippen LogP contribution in [0.2, 0.25) is 0 Å². The van der Waals surface area contributed by atoms with Gasteiger partial charge in [0.1, 0.15) is 0 Å². The Kier molecular flexibility index (Phi) is 2.14. The molecule has 0 fully saturated rings. The van der Waals surface area contributed by atoms with Crippen molar-refractivity contribution in [3.8, 4) is 5.88 Å². The molecule has 2 aromatic heterocycles. The van der Waals surface area contributed by atoms with Crippen LogP contribution in [0.5, 0.6) is 5.88 Å². The Labute approximate surface area is 83.9 Å². The molecule has 0 bridgehead atoms. The van der Waals surface area contributed by atoms with Crippen molar-refractivity contribution in [1.29, 1.82) is 0 Å². The SMILES string of the molecule is COc1cc2c(Br)ccnc2cn1. The molecule has 0 N–H and O–H groups in total. The number of aromatic nitrogens is 2. The predicted molar refractivity (Wildman–Crippen MR) is 53.8 cm³/mol. The molecule has 0 aliphatic rings. The lowest BCUT2D eigenvalue weighted by atomic mass is 10.3. The summed E-state index contributed by atoms with van der Waals surface area (Å²) in [7, 11) is 1.60. The van der Waals surface area contributed by atoms with E-state index in [-0.39, 0.29) is 0 Å². The maximum Gasteiger partial charge on any atom is 0.213 e. The van der Waals surface area contributed by atoms with Crippen molar-refractivity contribution in [1.82, 2.24) is 9.97 Å². The quantitative estimate of drug-likeness (QED) is 0.766. The van der Waals surface area contributed by atoms with Crippen LogP contribution in [0.15, 0.2) is 29.0 Å². The number of halogens is 1. The molecule has 3 nitrogen and oxygen atoms in total. The highest BCUT2D eigenvalue weighted by Crippen LogP contribution is 2.23. The van der Waals surface area contributed by atoms with Gasteiger partial charge in [-0.15, -0.1) is 0 Å². The fourth-order valence-corrected chi connectivity index (χ4v) is 1.54. The first-order chi connectivity index (χ1) is 6.31. The van der Waals surface area contributed by atoms with Crippen molar-refractivity contribution in [2.45, 2.75) is 0 Å². The Bertz CT molecular complexity index is 445. The minimum absolute atomic E-state index is 0.598. The van der Waals surface area contributed by atoms with E-state index in [1.54, 1.807) is 19.5 Å². The van der Waals surface area contributed by atoms with Crippen LogP contribution < -0.4 is 4.74 Å². The molecule has 0 saturated heterocycles. The zero-order valence-corrected chi connectivity index (χ0v) is 8.58. The second kappa shape index (κ2) is 3.30. The number of ether oxygens (including phenoxy) is 1. The summed E-state index contributed by atoms with van der Waals surface area (Å²) in [6.07, 6.45) is 3.43. The summed E-state index contributed by atoms with van der Waals surface area (Å²) in [4.78, 5) is 8.23. The van der Waals surface area contributed by atoms with Gasteiger partial charge in [0, 0.05) is 22.1 Å². The van der Waals surface area contributed by atoms with Gasteiger partial charge >= 0.3 is 0 Å². The molecular formula is C9H7BrN2O. The molecular weight excluding hydrogens is 232 g/mol. The van der Waals surface area contributed by atoms with Gasteiger partial charge in [-0.3, -0.25) is 4.98 Å². The lowest BCUT2D eigenvalue weighted by Crippen LogP contribution is -1.88. The summed E-state index contributed by atoms with van der Waals surface area (Å²) < 4.78 is 6.02. The van der Waals surface area contributed by atoms with E-state index in [9.17, 15) is 0 Å². The van der Waals surface area contributed by atoms with Gasteiger partial charge in [0.25, 0.3) is 0 Å². The van der Waals surface area contributed by atoms with Crippen LogP contribution in [0.4, 0.5) is 0 Å². The van der Waals surface area contributed by atoms with Crippen molar-refractivity contribution in [2.75, 3.05) is 7.11 Å². The molecule has 4 heteroatoms. The highest BCUT2D eigenvalue weighted by Gasteiger charge is 2.01. The summed E-state index contributed by atoms with van der Waals surface area (Å²) in [6, 6.07) is 3.74. The van der Waals surface area contributed by atoms with Gasteiger partial charge in [-0.25, -0.2) is 4.98 Å². The predicted octanol–water partition coefficient (Wildman–Crippen LogP) is 2.40. The third-order valence-corrected chi connectivity index (χ3v) is 2.45. The molecule has 0 amide bonds. The van der Waals surface area contributed by atoms with E-state index in [1.165, 1.54) is 0 Å². The van der Waals surface area contributed by atoms with Crippen LogP contribution in [0, 0.1) is 0 Å². The molecule has 0 unspecified atom stereocenters. The van der Waals surface area contributed by atoms with E-state index in [2.05, 4.69) is 25.9 Å². The Balaban J connectivity index is 2.74. The van der Waals surface area contributed by atoms with E-state index >= 15 is 0 Å². The second-order valence-electron chi connectivity index (χ2n) is 2.54. The average Bonchev–Trinajstić information content (AvgIpc) is 2.18. The number of pyridine rings is 2. The third kappa shape index (κ3) is 1.49. The molecule has 0 aromatic carbocycles. The topological polar surface area (TPSA) is 35.0 Å². The van der Waals surface area contributed by atoms with Gasteiger partial charge in [-0.1, -0.05) is 15.9 Å². The minimum Gasteiger partial charge on any atom is -0.481 e.